The van der Waals surface area contributed by atoms with Gasteiger partial charge in [-0.1, -0.05) is 12.8 Å². The highest BCUT2D eigenvalue weighted by Gasteiger charge is 2.25. The Labute approximate surface area is 86.5 Å². The second-order valence-corrected chi connectivity index (χ2v) is 4.80. The summed E-state index contributed by atoms with van der Waals surface area (Å²) in [5.41, 5.74) is 5.31. The van der Waals surface area contributed by atoms with E-state index in [-0.39, 0.29) is 0 Å². The van der Waals surface area contributed by atoms with Crippen LogP contribution in [0.2, 0.25) is 0 Å². The van der Waals surface area contributed by atoms with Gasteiger partial charge in [0.05, 0.1) is 6.61 Å². The monoisotopic (exact) mass is 228 g/mol. The van der Waals surface area contributed by atoms with Crippen LogP contribution in [-0.4, -0.2) is 41.8 Å². The molecule has 0 fully saturated rings. The summed E-state index contributed by atoms with van der Waals surface area (Å²) < 4.78 is 4.80. The molecule has 0 aliphatic rings. The quantitative estimate of drug-likeness (QED) is 0.376. The first-order valence-electron chi connectivity index (χ1n) is 4.67. The van der Waals surface area contributed by atoms with Crippen molar-refractivity contribution >= 4 is 7.94 Å². The lowest BCUT2D eigenvalue weighted by atomic mass is 10.2. The van der Waals surface area contributed by atoms with Gasteiger partial charge in [0.1, 0.15) is 6.66 Å². The summed E-state index contributed by atoms with van der Waals surface area (Å²) >= 11 is 0. The lowest BCUT2D eigenvalue weighted by molar-refractivity contribution is 0.229. The molecule has 0 unspecified atom stereocenters. The summed E-state index contributed by atoms with van der Waals surface area (Å²) in [6.07, 6.45) is 4.03. The molecule has 0 bridgehead atoms. The molecule has 14 heavy (non-hydrogen) atoms. The van der Waals surface area contributed by atoms with Gasteiger partial charge < -0.3 is 10.8 Å². The van der Waals surface area contributed by atoms with E-state index < -0.39 is 7.94 Å². The summed E-state index contributed by atoms with van der Waals surface area (Å²) in [5.74, 6) is 0. The van der Waals surface area contributed by atoms with Gasteiger partial charge in [-0.05, 0) is 19.4 Å². The molecule has 5 N–H and O–H groups in total. The molecule has 5 nitrogen and oxygen atoms in total. The van der Waals surface area contributed by atoms with Gasteiger partial charge in [0.25, 0.3) is 0 Å². The Morgan fingerprint density at radius 1 is 1.07 bits per heavy atom. The molecule has 0 radical (unpaired) electrons. The lowest BCUT2D eigenvalue weighted by Crippen LogP contribution is -1.99. The number of rotatable bonds is 7. The van der Waals surface area contributed by atoms with Gasteiger partial charge >= 0.3 is 7.94 Å². The zero-order chi connectivity index (χ0) is 11.4. The first-order chi connectivity index (χ1) is 6.56. The molecule has 0 aliphatic heterocycles. The van der Waals surface area contributed by atoms with Gasteiger partial charge in [0.15, 0.2) is 0 Å². The number of hydrogen-bond acceptors (Lipinski definition) is 5. The van der Waals surface area contributed by atoms with Crippen molar-refractivity contribution in [2.75, 3.05) is 26.9 Å². The van der Waals surface area contributed by atoms with E-state index in [9.17, 15) is 0 Å². The van der Waals surface area contributed by atoms with E-state index in [1.54, 1.807) is 0 Å². The van der Waals surface area contributed by atoms with E-state index >= 15 is 0 Å². The van der Waals surface area contributed by atoms with Gasteiger partial charge in [-0.3, -0.25) is 0 Å². The van der Waals surface area contributed by atoms with Crippen LogP contribution < -0.4 is 5.73 Å². The predicted molar refractivity (Wildman–Crippen MR) is 58.9 cm³/mol. The largest absolute Gasteiger partial charge is 0.403 e. The van der Waals surface area contributed by atoms with Crippen LogP contribution in [0.25, 0.3) is 0 Å². The molecule has 88 valence electrons. The van der Waals surface area contributed by atoms with Crippen LogP contribution in [0.15, 0.2) is 0 Å². The van der Waals surface area contributed by atoms with Gasteiger partial charge in [0.2, 0.25) is 0 Å². The second-order valence-electron chi connectivity index (χ2n) is 2.87. The van der Waals surface area contributed by atoms with Crippen molar-refractivity contribution < 1.29 is 19.4 Å². The summed E-state index contributed by atoms with van der Waals surface area (Å²) in [7, 11) is -2.00. The topological polar surface area (TPSA) is 95.9 Å². The van der Waals surface area contributed by atoms with Crippen molar-refractivity contribution in [2.24, 2.45) is 5.73 Å². The maximum atomic E-state index is 8.84. The molecule has 0 atom stereocenters. The average Bonchev–Trinajstić information content (AvgIpc) is 2.13. The van der Waals surface area contributed by atoms with Crippen LogP contribution >= 0.6 is 7.94 Å². The fraction of sp³-hybridized carbons (Fsp3) is 1.00. The summed E-state index contributed by atoms with van der Waals surface area (Å²) in [6, 6.07) is 0. The number of unbranched alkanes of at least 4 members (excludes halogenated alkanes) is 3. The van der Waals surface area contributed by atoms with Crippen molar-refractivity contribution in [3.05, 3.63) is 0 Å². The number of hydrogen-bond donors (Lipinski definition) is 4. The highest BCUT2D eigenvalue weighted by atomic mass is 31.2. The maximum absolute atomic E-state index is 8.84. The van der Waals surface area contributed by atoms with E-state index in [1.807, 2.05) is 0 Å². The third-order valence-electron chi connectivity index (χ3n) is 1.43. The summed E-state index contributed by atoms with van der Waals surface area (Å²) in [6.45, 7) is 2.47. The second kappa shape index (κ2) is 11.3. The molecule has 0 heterocycles. The van der Waals surface area contributed by atoms with E-state index in [0.29, 0.717) is 6.61 Å². The Hall–Kier alpha value is 0.230. The molecule has 0 saturated carbocycles. The summed E-state index contributed by atoms with van der Waals surface area (Å²) in [4.78, 5) is 17.7. The summed E-state index contributed by atoms with van der Waals surface area (Å²) in [5, 5.41) is 7.00. The molecule has 0 aromatic rings. The highest BCUT2D eigenvalue weighted by Crippen LogP contribution is 2.46. The minimum Gasteiger partial charge on any atom is -0.400 e. The molecule has 0 aliphatic carbocycles. The van der Waals surface area contributed by atoms with Crippen molar-refractivity contribution in [1.82, 2.24) is 0 Å². The SMILES string of the molecule is CO.C[P+](O)(O)OCCCCCCN. The van der Waals surface area contributed by atoms with Crippen molar-refractivity contribution in [1.29, 1.82) is 0 Å². The molecule has 0 aromatic carbocycles. The molecule has 6 heteroatoms. The molecular weight excluding hydrogens is 205 g/mol. The first kappa shape index (κ1) is 16.7. The molecule has 0 aromatic heterocycles. The molecule has 0 rings (SSSR count). The van der Waals surface area contributed by atoms with Gasteiger partial charge in [-0.15, -0.1) is 0 Å². The lowest BCUT2D eigenvalue weighted by Gasteiger charge is -2.05. The van der Waals surface area contributed by atoms with E-state index in [0.717, 1.165) is 39.3 Å². The van der Waals surface area contributed by atoms with Crippen LogP contribution in [0.1, 0.15) is 25.7 Å². The van der Waals surface area contributed by atoms with E-state index in [2.05, 4.69) is 0 Å². The number of nitrogens with two attached hydrogens (primary N) is 1. The predicted octanol–water partition coefficient (Wildman–Crippen LogP) is 0.508. The fourth-order valence-corrected chi connectivity index (χ4v) is 1.31. The Balaban J connectivity index is 0. The minimum absolute atomic E-state index is 0.432. The number of aliphatic hydroxyl groups excluding tert-OH is 1. The van der Waals surface area contributed by atoms with Crippen molar-refractivity contribution in [3.63, 3.8) is 0 Å². The zero-order valence-electron chi connectivity index (χ0n) is 9.02. The zero-order valence-corrected chi connectivity index (χ0v) is 9.91. The van der Waals surface area contributed by atoms with Crippen LogP contribution in [0.5, 0.6) is 0 Å². The molecule has 0 saturated heterocycles. The van der Waals surface area contributed by atoms with E-state index in [4.69, 9.17) is 25.2 Å². The van der Waals surface area contributed by atoms with Crippen molar-refractivity contribution in [3.8, 4) is 0 Å². The minimum atomic E-state index is -3.00. The van der Waals surface area contributed by atoms with Crippen LogP contribution in [0.4, 0.5) is 0 Å². The number of aliphatic hydroxyl groups is 1. The first-order valence-corrected chi connectivity index (χ1v) is 6.73. The van der Waals surface area contributed by atoms with Gasteiger partial charge in [0, 0.05) is 7.11 Å². The van der Waals surface area contributed by atoms with Crippen LogP contribution in [0, 0.1) is 0 Å². The Bertz CT molecular complexity index is 108. The van der Waals surface area contributed by atoms with Crippen LogP contribution in [0.3, 0.4) is 0 Å². The Kier molecular flexibility index (Phi) is 13.4. The van der Waals surface area contributed by atoms with Crippen molar-refractivity contribution in [2.45, 2.75) is 25.7 Å². The maximum Gasteiger partial charge on any atom is 0.403 e. The standard InChI is InChI=1S/C7H19NO3P.CH4O/c1-12(9,10)11-7-5-3-2-4-6-8;1-2/h9-10H,2-8H2,1H3;2H,1H3/q+1;. The molecular formula is C8H23NO4P+. The average molecular weight is 228 g/mol. The third-order valence-corrected chi connectivity index (χ3v) is 2.11. The normalized spacial score (nSPS) is 10.7. The molecule has 0 amide bonds. The molecule has 0 spiro atoms. The van der Waals surface area contributed by atoms with Gasteiger partial charge in [-0.2, -0.15) is 14.3 Å². The smallest absolute Gasteiger partial charge is 0.400 e. The van der Waals surface area contributed by atoms with Crippen LogP contribution in [-0.2, 0) is 4.52 Å². The Morgan fingerprint density at radius 2 is 1.57 bits per heavy atom. The van der Waals surface area contributed by atoms with E-state index in [1.165, 1.54) is 6.66 Å². The fourth-order valence-electron chi connectivity index (χ4n) is 0.837. The Morgan fingerprint density at radius 3 is 2.00 bits per heavy atom. The third kappa shape index (κ3) is 18.1. The highest BCUT2D eigenvalue weighted by molar-refractivity contribution is 7.58. The van der Waals surface area contributed by atoms with Gasteiger partial charge in [-0.25, -0.2) is 0 Å².